The van der Waals surface area contributed by atoms with Crippen molar-refractivity contribution in [3.63, 3.8) is 0 Å². The standard InChI is InChI=1S/C18H21FN2O2/c19-13-7-9-14(10-8-13)20-17(22)15-5-1-2-6-16(15)18(23)21-11-3-4-12-21/h1-2,7-10,15-16H,3-6,11-12H2,(H,20,22). The molecule has 23 heavy (non-hydrogen) atoms. The maximum atomic E-state index is 12.9. The zero-order chi connectivity index (χ0) is 16.2. The number of allylic oxidation sites excluding steroid dienone is 2. The quantitative estimate of drug-likeness (QED) is 0.872. The predicted octanol–water partition coefficient (Wildman–Crippen LogP) is 2.97. The van der Waals surface area contributed by atoms with Gasteiger partial charge < -0.3 is 10.2 Å². The fourth-order valence-electron chi connectivity index (χ4n) is 3.32. The van der Waals surface area contributed by atoms with Crippen LogP contribution in [0.1, 0.15) is 25.7 Å². The Morgan fingerprint density at radius 2 is 1.61 bits per heavy atom. The van der Waals surface area contributed by atoms with Crippen LogP contribution >= 0.6 is 0 Å². The number of nitrogens with zero attached hydrogens (tertiary/aromatic N) is 1. The van der Waals surface area contributed by atoms with Gasteiger partial charge in [0.2, 0.25) is 11.8 Å². The zero-order valence-electron chi connectivity index (χ0n) is 13.0. The van der Waals surface area contributed by atoms with Gasteiger partial charge in [-0.2, -0.15) is 0 Å². The van der Waals surface area contributed by atoms with Crippen LogP contribution in [0.2, 0.25) is 0 Å². The molecule has 0 bridgehead atoms. The molecule has 4 nitrogen and oxygen atoms in total. The predicted molar refractivity (Wildman–Crippen MR) is 86.2 cm³/mol. The molecule has 5 heteroatoms. The molecule has 1 N–H and O–H groups in total. The van der Waals surface area contributed by atoms with Crippen LogP contribution in [-0.4, -0.2) is 29.8 Å². The van der Waals surface area contributed by atoms with E-state index in [2.05, 4.69) is 5.32 Å². The molecule has 122 valence electrons. The van der Waals surface area contributed by atoms with Gasteiger partial charge in [0.25, 0.3) is 0 Å². The lowest BCUT2D eigenvalue weighted by molar-refractivity contribution is -0.139. The molecule has 2 aliphatic rings. The summed E-state index contributed by atoms with van der Waals surface area (Å²) in [4.78, 5) is 27.1. The van der Waals surface area contributed by atoms with E-state index in [1.165, 1.54) is 24.3 Å². The Labute approximate surface area is 135 Å². The van der Waals surface area contributed by atoms with Crippen molar-refractivity contribution >= 4 is 17.5 Å². The highest BCUT2D eigenvalue weighted by Gasteiger charge is 2.36. The van der Waals surface area contributed by atoms with E-state index in [1.54, 1.807) is 0 Å². The second-order valence-electron chi connectivity index (χ2n) is 6.18. The van der Waals surface area contributed by atoms with E-state index < -0.39 is 0 Å². The molecule has 0 saturated carbocycles. The van der Waals surface area contributed by atoms with Gasteiger partial charge >= 0.3 is 0 Å². The first-order valence-corrected chi connectivity index (χ1v) is 8.15. The fourth-order valence-corrected chi connectivity index (χ4v) is 3.32. The summed E-state index contributed by atoms with van der Waals surface area (Å²) in [6.07, 6.45) is 7.21. The lowest BCUT2D eigenvalue weighted by Gasteiger charge is -2.30. The molecule has 0 aromatic heterocycles. The average molecular weight is 316 g/mol. The molecular formula is C18H21FN2O2. The van der Waals surface area contributed by atoms with Crippen molar-refractivity contribution in [1.82, 2.24) is 4.90 Å². The number of anilines is 1. The lowest BCUT2D eigenvalue weighted by atomic mass is 9.81. The summed E-state index contributed by atoms with van der Waals surface area (Å²) >= 11 is 0. The number of halogens is 1. The van der Waals surface area contributed by atoms with Crippen molar-refractivity contribution in [3.05, 3.63) is 42.2 Å². The van der Waals surface area contributed by atoms with Crippen molar-refractivity contribution in [2.24, 2.45) is 11.8 Å². The number of carbonyl (C=O) groups excluding carboxylic acids is 2. The number of hydrogen-bond donors (Lipinski definition) is 1. The van der Waals surface area contributed by atoms with E-state index in [4.69, 9.17) is 0 Å². The number of rotatable bonds is 3. The Bertz CT molecular complexity index is 606. The van der Waals surface area contributed by atoms with Crippen molar-refractivity contribution < 1.29 is 14.0 Å². The van der Waals surface area contributed by atoms with Crippen molar-refractivity contribution in [2.75, 3.05) is 18.4 Å². The second kappa shape index (κ2) is 6.94. The summed E-state index contributed by atoms with van der Waals surface area (Å²) in [5, 5.41) is 2.80. The molecule has 1 aromatic carbocycles. The molecular weight excluding hydrogens is 295 g/mol. The topological polar surface area (TPSA) is 49.4 Å². The van der Waals surface area contributed by atoms with Gasteiger partial charge in [-0.3, -0.25) is 9.59 Å². The zero-order valence-corrected chi connectivity index (χ0v) is 13.0. The molecule has 1 heterocycles. The van der Waals surface area contributed by atoms with E-state index in [0.29, 0.717) is 18.5 Å². The third kappa shape index (κ3) is 3.60. The first kappa shape index (κ1) is 15.7. The van der Waals surface area contributed by atoms with Crippen LogP contribution in [0.3, 0.4) is 0 Å². The lowest BCUT2D eigenvalue weighted by Crippen LogP contribution is -2.42. The van der Waals surface area contributed by atoms with Crippen LogP contribution in [0, 0.1) is 17.7 Å². The van der Waals surface area contributed by atoms with Crippen LogP contribution in [0.15, 0.2) is 36.4 Å². The second-order valence-corrected chi connectivity index (χ2v) is 6.18. The first-order chi connectivity index (χ1) is 11.1. The van der Waals surface area contributed by atoms with E-state index >= 15 is 0 Å². The van der Waals surface area contributed by atoms with Crippen LogP contribution in [-0.2, 0) is 9.59 Å². The van der Waals surface area contributed by atoms with E-state index in [0.717, 1.165) is 25.9 Å². The number of nitrogens with one attached hydrogen (secondary N) is 1. The highest BCUT2D eigenvalue weighted by atomic mass is 19.1. The third-order valence-electron chi connectivity index (χ3n) is 4.62. The fraction of sp³-hybridized carbons (Fsp3) is 0.444. The van der Waals surface area contributed by atoms with Gasteiger partial charge in [-0.05, 0) is 49.9 Å². The molecule has 2 unspecified atom stereocenters. The number of hydrogen-bond acceptors (Lipinski definition) is 2. The minimum atomic E-state index is -0.363. The number of carbonyl (C=O) groups is 2. The molecule has 1 fully saturated rings. The Morgan fingerprint density at radius 1 is 1.00 bits per heavy atom. The molecule has 1 aliphatic carbocycles. The van der Waals surface area contributed by atoms with Crippen LogP contribution in [0.4, 0.5) is 10.1 Å². The SMILES string of the molecule is O=C(Nc1ccc(F)cc1)C1CC=CCC1C(=O)N1CCCC1. The van der Waals surface area contributed by atoms with Gasteiger partial charge in [-0.15, -0.1) is 0 Å². The molecule has 1 aliphatic heterocycles. The van der Waals surface area contributed by atoms with E-state index in [-0.39, 0.29) is 29.5 Å². The van der Waals surface area contributed by atoms with Gasteiger partial charge in [0, 0.05) is 18.8 Å². The maximum absolute atomic E-state index is 12.9. The molecule has 0 radical (unpaired) electrons. The van der Waals surface area contributed by atoms with Gasteiger partial charge in [-0.25, -0.2) is 4.39 Å². The minimum Gasteiger partial charge on any atom is -0.342 e. The number of amides is 2. The molecule has 0 spiro atoms. The first-order valence-electron chi connectivity index (χ1n) is 8.15. The van der Waals surface area contributed by atoms with Crippen LogP contribution in [0.5, 0.6) is 0 Å². The highest BCUT2D eigenvalue weighted by molar-refractivity contribution is 5.96. The average Bonchev–Trinajstić information content (AvgIpc) is 3.11. The van der Waals surface area contributed by atoms with E-state index in [1.807, 2.05) is 17.1 Å². The minimum absolute atomic E-state index is 0.0890. The summed E-state index contributed by atoms with van der Waals surface area (Å²) in [7, 11) is 0. The number of benzene rings is 1. The summed E-state index contributed by atoms with van der Waals surface area (Å²) in [5.74, 6) is -1.08. The number of likely N-dealkylation sites (tertiary alicyclic amines) is 1. The molecule has 2 amide bonds. The maximum Gasteiger partial charge on any atom is 0.228 e. The monoisotopic (exact) mass is 316 g/mol. The van der Waals surface area contributed by atoms with Gasteiger partial charge in [-0.1, -0.05) is 12.2 Å². The third-order valence-corrected chi connectivity index (χ3v) is 4.62. The Hall–Kier alpha value is -2.17. The van der Waals surface area contributed by atoms with Crippen LogP contribution < -0.4 is 5.32 Å². The largest absolute Gasteiger partial charge is 0.342 e. The van der Waals surface area contributed by atoms with Crippen molar-refractivity contribution in [1.29, 1.82) is 0 Å². The van der Waals surface area contributed by atoms with Gasteiger partial charge in [0.15, 0.2) is 0 Å². The molecule has 3 rings (SSSR count). The van der Waals surface area contributed by atoms with Gasteiger partial charge in [0.1, 0.15) is 5.82 Å². The molecule has 2 atom stereocenters. The normalized spacial score (nSPS) is 23.8. The van der Waals surface area contributed by atoms with Crippen molar-refractivity contribution in [3.8, 4) is 0 Å². The highest BCUT2D eigenvalue weighted by Crippen LogP contribution is 2.30. The van der Waals surface area contributed by atoms with Crippen LogP contribution in [0.25, 0.3) is 0 Å². The Morgan fingerprint density at radius 3 is 2.26 bits per heavy atom. The van der Waals surface area contributed by atoms with Crippen molar-refractivity contribution in [2.45, 2.75) is 25.7 Å². The van der Waals surface area contributed by atoms with Gasteiger partial charge in [0.05, 0.1) is 11.8 Å². The Balaban J connectivity index is 1.70. The molecule has 1 aromatic rings. The summed E-state index contributed by atoms with van der Waals surface area (Å²) in [5.41, 5.74) is 0.554. The molecule has 1 saturated heterocycles. The summed E-state index contributed by atoms with van der Waals surface area (Å²) < 4.78 is 12.9. The van der Waals surface area contributed by atoms with E-state index in [9.17, 15) is 14.0 Å². The summed E-state index contributed by atoms with van der Waals surface area (Å²) in [6.45, 7) is 1.59. The Kier molecular flexibility index (Phi) is 4.74. The smallest absolute Gasteiger partial charge is 0.228 e. The summed E-state index contributed by atoms with van der Waals surface area (Å²) in [6, 6.07) is 5.68.